The van der Waals surface area contributed by atoms with Crippen molar-refractivity contribution in [3.05, 3.63) is 34.9 Å². The summed E-state index contributed by atoms with van der Waals surface area (Å²) in [6.07, 6.45) is -7.72. The molecule has 2 unspecified atom stereocenters. The maximum Gasteiger partial charge on any atom is 0.416 e. The minimum absolute atomic E-state index is 0.0843. The van der Waals surface area contributed by atoms with Crippen LogP contribution >= 0.6 is 0 Å². The van der Waals surface area contributed by atoms with Crippen LogP contribution in [0.4, 0.5) is 26.3 Å². The van der Waals surface area contributed by atoms with Gasteiger partial charge in [0.2, 0.25) is 0 Å². The average molecular weight is 411 g/mol. The van der Waals surface area contributed by atoms with Crippen molar-refractivity contribution in [3.8, 4) is 0 Å². The highest BCUT2D eigenvalue weighted by Crippen LogP contribution is 2.36. The van der Waals surface area contributed by atoms with Gasteiger partial charge in [0.25, 0.3) is 5.91 Å². The van der Waals surface area contributed by atoms with Gasteiger partial charge in [0.05, 0.1) is 16.7 Å². The molecular formula is C18H19F6NO3. The molecule has 0 aromatic heterocycles. The van der Waals surface area contributed by atoms with Gasteiger partial charge in [0.15, 0.2) is 6.61 Å². The Labute approximate surface area is 157 Å². The number of rotatable bonds is 3. The first-order valence-corrected chi connectivity index (χ1v) is 8.58. The summed E-state index contributed by atoms with van der Waals surface area (Å²) in [6, 6.07) is 0.266. The molecule has 1 fully saturated rings. The van der Waals surface area contributed by atoms with Crippen LogP contribution in [0.2, 0.25) is 0 Å². The predicted octanol–water partition coefficient (Wildman–Crippen LogP) is 4.67. The molecule has 0 spiro atoms. The summed E-state index contributed by atoms with van der Waals surface area (Å²) in [4.78, 5) is 25.8. The monoisotopic (exact) mass is 411 g/mol. The molecule has 4 nitrogen and oxygen atoms in total. The first kappa shape index (κ1) is 22.0. The number of hydrogen-bond acceptors (Lipinski definition) is 3. The van der Waals surface area contributed by atoms with E-state index in [4.69, 9.17) is 4.74 Å². The van der Waals surface area contributed by atoms with E-state index < -0.39 is 47.5 Å². The van der Waals surface area contributed by atoms with Gasteiger partial charge in [-0.25, -0.2) is 4.79 Å². The van der Waals surface area contributed by atoms with Crippen LogP contribution in [0.25, 0.3) is 0 Å². The Bertz CT molecular complexity index is 702. The fourth-order valence-corrected chi connectivity index (χ4v) is 3.27. The van der Waals surface area contributed by atoms with E-state index in [0.717, 1.165) is 19.3 Å². The highest BCUT2D eigenvalue weighted by molar-refractivity contribution is 5.92. The summed E-state index contributed by atoms with van der Waals surface area (Å²) < 4.78 is 81.9. The molecule has 2 rings (SSSR count). The Kier molecular flexibility index (Phi) is 6.30. The molecule has 1 aromatic carbocycles. The molecule has 0 N–H and O–H groups in total. The molecule has 1 aliphatic heterocycles. The molecule has 0 bridgehead atoms. The third-order valence-corrected chi connectivity index (χ3v) is 4.63. The number of ether oxygens (including phenoxy) is 1. The minimum Gasteiger partial charge on any atom is -0.452 e. The number of amides is 1. The highest BCUT2D eigenvalue weighted by atomic mass is 19.4. The van der Waals surface area contributed by atoms with Gasteiger partial charge in [-0.15, -0.1) is 0 Å². The van der Waals surface area contributed by atoms with Crippen LogP contribution in [0, 0.1) is 0 Å². The summed E-state index contributed by atoms with van der Waals surface area (Å²) in [7, 11) is 0. The molecule has 1 aliphatic rings. The first-order valence-electron chi connectivity index (χ1n) is 8.58. The Morgan fingerprint density at radius 2 is 1.43 bits per heavy atom. The third-order valence-electron chi connectivity index (χ3n) is 4.63. The molecule has 0 saturated carbocycles. The normalized spacial score (nSPS) is 20.8. The van der Waals surface area contributed by atoms with Gasteiger partial charge in [-0.3, -0.25) is 4.79 Å². The zero-order valence-corrected chi connectivity index (χ0v) is 15.2. The fourth-order valence-electron chi connectivity index (χ4n) is 3.27. The molecule has 10 heteroatoms. The number of benzene rings is 1. The molecule has 2 atom stereocenters. The van der Waals surface area contributed by atoms with E-state index in [1.54, 1.807) is 0 Å². The Balaban J connectivity index is 2.18. The first-order chi connectivity index (χ1) is 12.8. The number of hydrogen-bond donors (Lipinski definition) is 0. The molecule has 1 saturated heterocycles. The van der Waals surface area contributed by atoms with Gasteiger partial charge in [-0.2, -0.15) is 26.3 Å². The number of halogens is 6. The number of piperidine rings is 1. The lowest BCUT2D eigenvalue weighted by Gasteiger charge is -2.38. The van der Waals surface area contributed by atoms with Crippen molar-refractivity contribution < 1.29 is 40.7 Å². The predicted molar refractivity (Wildman–Crippen MR) is 86.3 cm³/mol. The molecule has 0 radical (unpaired) electrons. The van der Waals surface area contributed by atoms with Gasteiger partial charge in [0, 0.05) is 12.1 Å². The molecule has 1 amide bonds. The summed E-state index contributed by atoms with van der Waals surface area (Å²) in [5, 5.41) is 0. The standard InChI is InChI=1S/C18H19F6NO3/c1-10-4-3-5-11(2)25(10)15(26)9-28-16(27)12-6-13(17(19,20)21)8-14(7-12)18(22,23)24/h6-8,10-11H,3-5,9H2,1-2H3. The molecule has 28 heavy (non-hydrogen) atoms. The van der Waals surface area contributed by atoms with Crippen LogP contribution in [-0.4, -0.2) is 35.5 Å². The van der Waals surface area contributed by atoms with Crippen LogP contribution in [0.15, 0.2) is 18.2 Å². The van der Waals surface area contributed by atoms with E-state index in [2.05, 4.69) is 0 Å². The number of alkyl halides is 6. The Hall–Kier alpha value is -2.26. The van der Waals surface area contributed by atoms with E-state index in [1.165, 1.54) is 4.90 Å². The number of esters is 1. The SMILES string of the molecule is CC1CCCC(C)N1C(=O)COC(=O)c1cc(C(F)(F)F)cc(C(F)(F)F)c1. The van der Waals surface area contributed by atoms with E-state index in [-0.39, 0.29) is 30.3 Å². The van der Waals surface area contributed by atoms with Crippen molar-refractivity contribution in [2.24, 2.45) is 0 Å². The van der Waals surface area contributed by atoms with Gasteiger partial charge < -0.3 is 9.64 Å². The van der Waals surface area contributed by atoms with E-state index in [1.807, 2.05) is 13.8 Å². The fraction of sp³-hybridized carbons (Fsp3) is 0.556. The van der Waals surface area contributed by atoms with Gasteiger partial charge in [-0.05, 0) is 51.3 Å². The number of carbonyl (C=O) groups excluding carboxylic acids is 2. The van der Waals surface area contributed by atoms with E-state index >= 15 is 0 Å². The summed E-state index contributed by atoms with van der Waals surface area (Å²) >= 11 is 0. The van der Waals surface area contributed by atoms with Crippen molar-refractivity contribution in [1.82, 2.24) is 4.90 Å². The molecule has 0 aliphatic carbocycles. The van der Waals surface area contributed by atoms with Crippen LogP contribution < -0.4 is 0 Å². The van der Waals surface area contributed by atoms with Crippen LogP contribution in [-0.2, 0) is 21.9 Å². The second kappa shape index (κ2) is 8.00. The van der Waals surface area contributed by atoms with Crippen LogP contribution in [0.1, 0.15) is 54.6 Å². The van der Waals surface area contributed by atoms with Crippen LogP contribution in [0.3, 0.4) is 0 Å². The quantitative estimate of drug-likeness (QED) is 0.537. The van der Waals surface area contributed by atoms with Crippen molar-refractivity contribution in [2.75, 3.05) is 6.61 Å². The van der Waals surface area contributed by atoms with E-state index in [0.29, 0.717) is 0 Å². The zero-order valence-electron chi connectivity index (χ0n) is 15.2. The maximum absolute atomic E-state index is 12.9. The lowest BCUT2D eigenvalue weighted by molar-refractivity contribution is -0.143. The topological polar surface area (TPSA) is 46.6 Å². The van der Waals surface area contributed by atoms with Gasteiger partial charge >= 0.3 is 18.3 Å². The number of likely N-dealkylation sites (tertiary alicyclic amines) is 1. The number of nitrogens with zero attached hydrogens (tertiary/aromatic N) is 1. The van der Waals surface area contributed by atoms with Gasteiger partial charge in [-0.1, -0.05) is 0 Å². The lowest BCUT2D eigenvalue weighted by atomic mass is 9.97. The average Bonchev–Trinajstić information content (AvgIpc) is 2.57. The second-order valence-corrected chi connectivity index (χ2v) is 6.80. The number of carbonyl (C=O) groups is 2. The highest BCUT2D eigenvalue weighted by Gasteiger charge is 2.38. The van der Waals surface area contributed by atoms with Crippen molar-refractivity contribution in [1.29, 1.82) is 0 Å². The Morgan fingerprint density at radius 1 is 0.964 bits per heavy atom. The molecular weight excluding hydrogens is 392 g/mol. The molecule has 1 heterocycles. The smallest absolute Gasteiger partial charge is 0.416 e. The largest absolute Gasteiger partial charge is 0.452 e. The molecule has 1 aromatic rings. The second-order valence-electron chi connectivity index (χ2n) is 6.80. The summed E-state index contributed by atoms with van der Waals surface area (Å²) in [5.41, 5.74) is -4.17. The summed E-state index contributed by atoms with van der Waals surface area (Å²) in [5.74, 6) is -1.97. The van der Waals surface area contributed by atoms with Gasteiger partial charge in [0.1, 0.15) is 0 Å². The van der Waals surface area contributed by atoms with Crippen molar-refractivity contribution in [2.45, 2.75) is 57.5 Å². The summed E-state index contributed by atoms with van der Waals surface area (Å²) in [6.45, 7) is 2.88. The van der Waals surface area contributed by atoms with E-state index in [9.17, 15) is 35.9 Å². The molecule has 156 valence electrons. The lowest BCUT2D eigenvalue weighted by Crippen LogP contribution is -2.49. The Morgan fingerprint density at radius 3 is 1.86 bits per heavy atom. The van der Waals surface area contributed by atoms with Crippen LogP contribution in [0.5, 0.6) is 0 Å². The van der Waals surface area contributed by atoms with Crippen molar-refractivity contribution in [3.63, 3.8) is 0 Å². The minimum atomic E-state index is -5.08. The zero-order chi connectivity index (χ0) is 21.3. The maximum atomic E-state index is 12.9. The third kappa shape index (κ3) is 5.17. The van der Waals surface area contributed by atoms with Crippen molar-refractivity contribution >= 4 is 11.9 Å².